The topological polar surface area (TPSA) is 95.7 Å². The van der Waals surface area contributed by atoms with E-state index >= 15 is 0 Å². The molecule has 3 aromatic rings. The van der Waals surface area contributed by atoms with E-state index in [2.05, 4.69) is 14.7 Å². The lowest BCUT2D eigenvalue weighted by Gasteiger charge is -2.14. The van der Waals surface area contributed by atoms with Crippen molar-refractivity contribution in [1.82, 2.24) is 14.5 Å². The standard InChI is InChI=1S/C22H25Cl2FN3O5PS.C2H6/c1-4-32-34(30,33-25)13-31-20-6-5-15(10-26-20)11-28-19(12-29)27-21(14(2)3)22(28)35-18-8-16(23)7-17(24)9-18;1-2/h5-10,14,29H,4,11-13H2,1-3H3;1-2H3. The molecule has 2 aromatic heterocycles. The maximum atomic E-state index is 12.6. The first-order valence-corrected chi connectivity index (χ1v) is 14.9. The minimum absolute atomic E-state index is 0.00905. The summed E-state index contributed by atoms with van der Waals surface area (Å²) in [5.74, 6) is 0.735. The molecule has 0 aliphatic heterocycles. The van der Waals surface area contributed by atoms with E-state index in [1.54, 1.807) is 31.3 Å². The normalized spacial score (nSPS) is 12.7. The molecule has 0 amide bonds. The van der Waals surface area contributed by atoms with Crippen LogP contribution in [-0.2, 0) is 27.0 Å². The van der Waals surface area contributed by atoms with Gasteiger partial charge in [0.2, 0.25) is 5.88 Å². The molecule has 204 valence electrons. The predicted molar refractivity (Wildman–Crippen MR) is 144 cm³/mol. The minimum Gasteiger partial charge on any atom is -0.465 e. The van der Waals surface area contributed by atoms with E-state index in [0.29, 0.717) is 22.4 Å². The van der Waals surface area contributed by atoms with Gasteiger partial charge in [-0.25, -0.2) is 9.97 Å². The van der Waals surface area contributed by atoms with Crippen LogP contribution < -0.4 is 4.74 Å². The lowest BCUT2D eigenvalue weighted by molar-refractivity contribution is -0.0299. The number of benzene rings is 1. The number of aliphatic hydroxyl groups excluding tert-OH is 1. The number of hydrogen-bond donors (Lipinski definition) is 1. The number of imidazole rings is 1. The van der Waals surface area contributed by atoms with E-state index in [4.69, 9.17) is 32.5 Å². The van der Waals surface area contributed by atoms with E-state index in [0.717, 1.165) is 21.2 Å². The van der Waals surface area contributed by atoms with Crippen molar-refractivity contribution in [3.8, 4) is 5.88 Å². The summed E-state index contributed by atoms with van der Waals surface area (Å²) in [5.41, 5.74) is 1.63. The number of rotatable bonds is 12. The van der Waals surface area contributed by atoms with Crippen LogP contribution >= 0.6 is 42.6 Å². The molecule has 37 heavy (non-hydrogen) atoms. The lowest BCUT2D eigenvalue weighted by Crippen LogP contribution is -2.08. The Labute approximate surface area is 230 Å². The van der Waals surface area contributed by atoms with Crippen molar-refractivity contribution in [2.45, 2.75) is 63.6 Å². The van der Waals surface area contributed by atoms with Gasteiger partial charge in [-0.05, 0) is 41.1 Å². The van der Waals surface area contributed by atoms with Crippen molar-refractivity contribution < 1.29 is 28.2 Å². The third kappa shape index (κ3) is 8.96. The van der Waals surface area contributed by atoms with Crippen molar-refractivity contribution in [3.05, 3.63) is 63.7 Å². The third-order valence-electron chi connectivity index (χ3n) is 4.70. The van der Waals surface area contributed by atoms with Crippen molar-refractivity contribution in [2.75, 3.05) is 13.0 Å². The molecule has 1 N–H and O–H groups in total. The molecule has 0 spiro atoms. The SMILES string of the molecule is CC.CCOP(=O)(COc1ccc(Cn2c(CO)nc(C(C)C)c2Sc2cc(Cl)cc(Cl)c2)cn1)OF. The number of halogens is 3. The first-order valence-electron chi connectivity index (χ1n) is 11.6. The first kappa shape index (κ1) is 31.6. The Morgan fingerprint density at radius 2 is 1.86 bits per heavy atom. The van der Waals surface area contributed by atoms with E-state index in [-0.39, 0.29) is 25.0 Å². The van der Waals surface area contributed by atoms with E-state index < -0.39 is 13.9 Å². The quantitative estimate of drug-likeness (QED) is 0.212. The van der Waals surface area contributed by atoms with Gasteiger partial charge >= 0.3 is 7.60 Å². The summed E-state index contributed by atoms with van der Waals surface area (Å²) in [6, 6.07) is 8.61. The summed E-state index contributed by atoms with van der Waals surface area (Å²) < 4.78 is 40.0. The largest absolute Gasteiger partial charge is 0.465 e. The fourth-order valence-electron chi connectivity index (χ4n) is 3.16. The predicted octanol–water partition coefficient (Wildman–Crippen LogP) is 7.89. The van der Waals surface area contributed by atoms with Crippen molar-refractivity contribution in [3.63, 3.8) is 0 Å². The molecule has 0 radical (unpaired) electrons. The molecule has 0 fully saturated rings. The highest BCUT2D eigenvalue weighted by molar-refractivity contribution is 7.99. The van der Waals surface area contributed by atoms with Crippen molar-refractivity contribution >= 4 is 42.6 Å². The number of aromatic nitrogens is 3. The number of hydrogen-bond acceptors (Lipinski definition) is 8. The Morgan fingerprint density at radius 3 is 2.38 bits per heavy atom. The Morgan fingerprint density at radius 1 is 1.19 bits per heavy atom. The number of nitrogens with zero attached hydrogens (tertiary/aromatic N) is 3. The smallest absolute Gasteiger partial charge is 0.399 e. The van der Waals surface area contributed by atoms with E-state index in [9.17, 15) is 14.2 Å². The van der Waals surface area contributed by atoms with Crippen LogP contribution in [-0.4, -0.2) is 32.6 Å². The van der Waals surface area contributed by atoms with Crippen LogP contribution in [0.25, 0.3) is 0 Å². The second-order valence-corrected chi connectivity index (χ2v) is 11.5. The highest BCUT2D eigenvalue weighted by Crippen LogP contribution is 2.48. The molecule has 2 heterocycles. The summed E-state index contributed by atoms with van der Waals surface area (Å²) in [5, 5.41) is 11.9. The Hall–Kier alpha value is -1.65. The molecule has 13 heteroatoms. The van der Waals surface area contributed by atoms with Gasteiger partial charge in [0.15, 0.2) is 6.35 Å². The highest BCUT2D eigenvalue weighted by atomic mass is 35.5. The van der Waals surface area contributed by atoms with Gasteiger partial charge in [0.25, 0.3) is 0 Å². The van der Waals surface area contributed by atoms with Crippen LogP contribution in [0.15, 0.2) is 46.5 Å². The van der Waals surface area contributed by atoms with Crippen LogP contribution in [0.1, 0.15) is 57.6 Å². The number of ether oxygens (including phenoxy) is 1. The summed E-state index contributed by atoms with van der Waals surface area (Å²) in [6.07, 6.45) is 0.957. The van der Waals surface area contributed by atoms with Crippen LogP contribution in [0.5, 0.6) is 5.88 Å². The lowest BCUT2D eigenvalue weighted by atomic mass is 10.1. The summed E-state index contributed by atoms with van der Waals surface area (Å²) in [6.45, 7) is 9.74. The van der Waals surface area contributed by atoms with Crippen LogP contribution in [0.2, 0.25) is 10.0 Å². The first-order chi connectivity index (χ1) is 17.7. The zero-order valence-corrected chi connectivity index (χ0v) is 24.5. The zero-order valence-electron chi connectivity index (χ0n) is 21.3. The van der Waals surface area contributed by atoms with Crippen LogP contribution in [0.3, 0.4) is 0 Å². The average molecular weight is 594 g/mol. The molecule has 1 aromatic carbocycles. The zero-order chi connectivity index (χ0) is 27.6. The maximum absolute atomic E-state index is 12.6. The monoisotopic (exact) mass is 593 g/mol. The van der Waals surface area contributed by atoms with Gasteiger partial charge in [-0.3, -0.25) is 4.57 Å². The van der Waals surface area contributed by atoms with Crippen molar-refractivity contribution in [1.29, 1.82) is 0 Å². The van der Waals surface area contributed by atoms with Gasteiger partial charge in [-0.1, -0.05) is 68.7 Å². The summed E-state index contributed by atoms with van der Waals surface area (Å²) >= 11 is 13.8. The average Bonchev–Trinajstić information content (AvgIpc) is 3.21. The van der Waals surface area contributed by atoms with Gasteiger partial charge < -0.3 is 18.9 Å². The minimum atomic E-state index is -3.99. The van der Waals surface area contributed by atoms with Crippen molar-refractivity contribution in [2.24, 2.45) is 0 Å². The fraction of sp³-hybridized carbons (Fsp3) is 0.417. The van der Waals surface area contributed by atoms with Gasteiger partial charge in [0.05, 0.1) is 18.8 Å². The molecule has 0 aliphatic rings. The third-order valence-corrected chi connectivity index (χ3v) is 7.54. The molecule has 1 atom stereocenters. The Bertz CT molecular complexity index is 1180. The molecule has 1 unspecified atom stereocenters. The highest BCUT2D eigenvalue weighted by Gasteiger charge is 2.27. The molecule has 0 saturated heterocycles. The van der Waals surface area contributed by atoms with E-state index in [1.807, 2.05) is 44.4 Å². The fourth-order valence-corrected chi connectivity index (χ4v) is 5.91. The molecule has 8 nitrogen and oxygen atoms in total. The molecule has 0 aliphatic carbocycles. The second kappa shape index (κ2) is 15.1. The number of pyridine rings is 1. The Balaban J connectivity index is 0.00000235. The van der Waals surface area contributed by atoms with Gasteiger partial charge in [-0.15, -0.1) is 4.73 Å². The second-order valence-electron chi connectivity index (χ2n) is 7.70. The molecule has 0 bridgehead atoms. The molecule has 3 rings (SSSR count). The summed E-state index contributed by atoms with van der Waals surface area (Å²) in [7, 11) is -3.99. The Kier molecular flexibility index (Phi) is 12.9. The summed E-state index contributed by atoms with van der Waals surface area (Å²) in [4.78, 5) is 9.68. The van der Waals surface area contributed by atoms with Gasteiger partial charge in [-0.2, -0.15) is 0 Å². The number of aliphatic hydroxyl groups is 1. The molecular formula is C24H31Cl2FN3O5PS. The van der Waals surface area contributed by atoms with Crippen LogP contribution in [0.4, 0.5) is 4.53 Å². The molecular weight excluding hydrogens is 563 g/mol. The van der Waals surface area contributed by atoms with Crippen LogP contribution in [0, 0.1) is 0 Å². The van der Waals surface area contributed by atoms with E-state index in [1.165, 1.54) is 11.8 Å². The van der Waals surface area contributed by atoms with Gasteiger partial charge in [0, 0.05) is 27.2 Å². The molecule has 0 saturated carbocycles. The van der Waals surface area contributed by atoms with Gasteiger partial charge in [0.1, 0.15) is 17.5 Å². The maximum Gasteiger partial charge on any atom is 0.399 e.